The molecule has 0 aliphatic heterocycles. The van der Waals surface area contributed by atoms with Gasteiger partial charge in [0.25, 0.3) is 5.91 Å². The highest BCUT2D eigenvalue weighted by Gasteiger charge is 2.10. The van der Waals surface area contributed by atoms with Crippen LogP contribution in [0.1, 0.15) is 21.5 Å². The van der Waals surface area contributed by atoms with E-state index in [1.165, 1.54) is 5.56 Å². The van der Waals surface area contributed by atoms with Gasteiger partial charge in [0.1, 0.15) is 0 Å². The summed E-state index contributed by atoms with van der Waals surface area (Å²) >= 11 is 0. The van der Waals surface area contributed by atoms with E-state index >= 15 is 0 Å². The molecule has 0 spiro atoms. The van der Waals surface area contributed by atoms with E-state index in [0.29, 0.717) is 12.1 Å². The van der Waals surface area contributed by atoms with Crippen LogP contribution in [0.4, 0.5) is 0 Å². The first-order valence-corrected chi connectivity index (χ1v) is 6.91. The zero-order valence-corrected chi connectivity index (χ0v) is 11.8. The molecule has 104 valence electrons. The van der Waals surface area contributed by atoms with Crippen molar-refractivity contribution in [3.63, 3.8) is 0 Å². The van der Waals surface area contributed by atoms with Crippen molar-refractivity contribution in [3.05, 3.63) is 77.5 Å². The molecule has 3 rings (SSSR count). The van der Waals surface area contributed by atoms with Crippen LogP contribution in [0.3, 0.4) is 0 Å². The third-order valence-corrected chi connectivity index (χ3v) is 3.41. The molecule has 1 amide bonds. The Balaban J connectivity index is 1.81. The topological polar surface area (TPSA) is 42.0 Å². The number of carbonyl (C=O) groups is 1. The predicted octanol–water partition coefficient (Wildman–Crippen LogP) is 3.47. The number of fused-ring (bicyclic) bond motifs is 1. The molecule has 3 heteroatoms. The van der Waals surface area contributed by atoms with E-state index < -0.39 is 0 Å². The number of amides is 1. The Morgan fingerprint density at radius 1 is 1.10 bits per heavy atom. The van der Waals surface area contributed by atoms with Crippen molar-refractivity contribution in [2.75, 3.05) is 0 Å². The van der Waals surface area contributed by atoms with E-state index in [1.807, 2.05) is 49.4 Å². The summed E-state index contributed by atoms with van der Waals surface area (Å²) in [6.07, 6.45) is 1.71. The van der Waals surface area contributed by atoms with E-state index in [-0.39, 0.29) is 5.91 Å². The van der Waals surface area contributed by atoms with Gasteiger partial charge in [0.2, 0.25) is 0 Å². The predicted molar refractivity (Wildman–Crippen MR) is 84.1 cm³/mol. The summed E-state index contributed by atoms with van der Waals surface area (Å²) < 4.78 is 0. The fraction of sp³-hybridized carbons (Fsp3) is 0.111. The van der Waals surface area contributed by atoms with E-state index in [9.17, 15) is 4.79 Å². The highest BCUT2D eigenvalue weighted by atomic mass is 16.1. The summed E-state index contributed by atoms with van der Waals surface area (Å²) in [6, 6.07) is 17.6. The number of aryl methyl sites for hydroxylation is 1. The summed E-state index contributed by atoms with van der Waals surface area (Å²) in [4.78, 5) is 16.7. The van der Waals surface area contributed by atoms with Crippen molar-refractivity contribution in [1.29, 1.82) is 0 Å². The normalized spacial score (nSPS) is 10.5. The lowest BCUT2D eigenvalue weighted by atomic mass is 10.1. The maximum atomic E-state index is 12.4. The van der Waals surface area contributed by atoms with Crippen molar-refractivity contribution in [1.82, 2.24) is 10.3 Å². The molecule has 1 N–H and O–H groups in total. The molecule has 0 radical (unpaired) electrons. The van der Waals surface area contributed by atoms with Gasteiger partial charge in [0, 0.05) is 18.1 Å². The van der Waals surface area contributed by atoms with E-state index in [4.69, 9.17) is 0 Å². The minimum atomic E-state index is -0.0965. The van der Waals surface area contributed by atoms with Gasteiger partial charge in [-0.2, -0.15) is 0 Å². The Hall–Kier alpha value is -2.68. The largest absolute Gasteiger partial charge is 0.348 e. The highest BCUT2D eigenvalue weighted by molar-refractivity contribution is 6.05. The standard InChI is InChI=1S/C18H16N2O/c1-13-5-2-6-14(11-13)12-20-18(21)16-9-3-7-15-8-4-10-19-17(15)16/h2-11H,12H2,1H3,(H,20,21). The van der Waals surface area contributed by atoms with Gasteiger partial charge in [-0.3, -0.25) is 9.78 Å². The molecule has 0 saturated heterocycles. The van der Waals surface area contributed by atoms with Crippen LogP contribution in [0.2, 0.25) is 0 Å². The number of aromatic nitrogens is 1. The van der Waals surface area contributed by atoms with Crippen molar-refractivity contribution in [2.45, 2.75) is 13.5 Å². The molecule has 0 aliphatic rings. The van der Waals surface area contributed by atoms with Gasteiger partial charge in [0.05, 0.1) is 11.1 Å². The number of carbonyl (C=O) groups excluding carboxylic acids is 1. The van der Waals surface area contributed by atoms with Gasteiger partial charge < -0.3 is 5.32 Å². The molecule has 3 aromatic rings. The summed E-state index contributed by atoms with van der Waals surface area (Å²) in [7, 11) is 0. The third kappa shape index (κ3) is 2.92. The Kier molecular flexibility index (Phi) is 3.65. The lowest BCUT2D eigenvalue weighted by Gasteiger charge is -2.08. The van der Waals surface area contributed by atoms with E-state index in [0.717, 1.165) is 16.5 Å². The molecule has 0 aliphatic carbocycles. The molecule has 0 unspecified atom stereocenters. The van der Waals surface area contributed by atoms with Gasteiger partial charge in [-0.05, 0) is 24.6 Å². The van der Waals surface area contributed by atoms with Crippen molar-refractivity contribution < 1.29 is 4.79 Å². The SMILES string of the molecule is Cc1cccc(CNC(=O)c2cccc3cccnc23)c1. The first kappa shape index (κ1) is 13.3. The summed E-state index contributed by atoms with van der Waals surface area (Å²) in [5, 5.41) is 3.93. The minimum absolute atomic E-state index is 0.0965. The molecule has 3 nitrogen and oxygen atoms in total. The number of hydrogen-bond acceptors (Lipinski definition) is 2. The van der Waals surface area contributed by atoms with Crippen molar-refractivity contribution >= 4 is 16.8 Å². The number of benzene rings is 2. The molecule has 1 heterocycles. The number of hydrogen-bond donors (Lipinski definition) is 1. The Bertz CT molecular complexity index is 791. The molecule has 21 heavy (non-hydrogen) atoms. The van der Waals surface area contributed by atoms with Gasteiger partial charge in [-0.15, -0.1) is 0 Å². The first-order chi connectivity index (χ1) is 10.2. The van der Waals surface area contributed by atoms with Gasteiger partial charge in [0.15, 0.2) is 0 Å². The summed E-state index contributed by atoms with van der Waals surface area (Å²) in [5.74, 6) is -0.0965. The maximum Gasteiger partial charge on any atom is 0.253 e. The van der Waals surface area contributed by atoms with Crippen LogP contribution in [0, 0.1) is 6.92 Å². The summed E-state index contributed by atoms with van der Waals surface area (Å²) in [6.45, 7) is 2.56. The monoisotopic (exact) mass is 276 g/mol. The highest BCUT2D eigenvalue weighted by Crippen LogP contribution is 2.16. The average molecular weight is 276 g/mol. The zero-order chi connectivity index (χ0) is 14.7. The van der Waals surface area contributed by atoms with E-state index in [2.05, 4.69) is 16.4 Å². The lowest BCUT2D eigenvalue weighted by molar-refractivity contribution is 0.0952. The Morgan fingerprint density at radius 2 is 1.90 bits per heavy atom. The smallest absolute Gasteiger partial charge is 0.253 e. The minimum Gasteiger partial charge on any atom is -0.348 e. The van der Waals surface area contributed by atoms with Crippen LogP contribution in [0.5, 0.6) is 0 Å². The lowest BCUT2D eigenvalue weighted by Crippen LogP contribution is -2.23. The second kappa shape index (κ2) is 5.75. The third-order valence-electron chi connectivity index (χ3n) is 3.41. The van der Waals surface area contributed by atoms with Crippen LogP contribution in [0.25, 0.3) is 10.9 Å². The average Bonchev–Trinajstić information content (AvgIpc) is 2.52. The van der Waals surface area contributed by atoms with Gasteiger partial charge in [-0.1, -0.05) is 48.0 Å². The van der Waals surface area contributed by atoms with Gasteiger partial charge >= 0.3 is 0 Å². The van der Waals surface area contributed by atoms with Crippen LogP contribution in [-0.2, 0) is 6.54 Å². The Labute approximate surface area is 123 Å². The molecule has 0 atom stereocenters. The molecular formula is C18H16N2O. The summed E-state index contributed by atoms with van der Waals surface area (Å²) in [5.41, 5.74) is 3.63. The molecule has 1 aromatic heterocycles. The second-order valence-corrected chi connectivity index (χ2v) is 5.05. The fourth-order valence-electron chi connectivity index (χ4n) is 2.39. The molecule has 0 fully saturated rings. The molecule has 0 bridgehead atoms. The van der Waals surface area contributed by atoms with E-state index in [1.54, 1.807) is 12.3 Å². The number of nitrogens with zero attached hydrogens (tertiary/aromatic N) is 1. The molecular weight excluding hydrogens is 260 g/mol. The van der Waals surface area contributed by atoms with Gasteiger partial charge in [-0.25, -0.2) is 0 Å². The fourth-order valence-corrected chi connectivity index (χ4v) is 2.39. The first-order valence-electron chi connectivity index (χ1n) is 6.91. The Morgan fingerprint density at radius 3 is 2.76 bits per heavy atom. The number of nitrogens with one attached hydrogen (secondary N) is 1. The van der Waals surface area contributed by atoms with Crippen molar-refractivity contribution in [2.24, 2.45) is 0 Å². The van der Waals surface area contributed by atoms with Crippen LogP contribution >= 0.6 is 0 Å². The quantitative estimate of drug-likeness (QED) is 0.796. The van der Waals surface area contributed by atoms with Crippen LogP contribution in [-0.4, -0.2) is 10.9 Å². The maximum absolute atomic E-state index is 12.4. The second-order valence-electron chi connectivity index (χ2n) is 5.05. The van der Waals surface area contributed by atoms with Crippen molar-refractivity contribution in [3.8, 4) is 0 Å². The molecule has 0 saturated carbocycles. The van der Waals surface area contributed by atoms with Crippen LogP contribution < -0.4 is 5.32 Å². The molecule has 2 aromatic carbocycles. The zero-order valence-electron chi connectivity index (χ0n) is 11.8. The number of para-hydroxylation sites is 1. The number of rotatable bonds is 3. The number of pyridine rings is 1. The van der Waals surface area contributed by atoms with Crippen LogP contribution in [0.15, 0.2) is 60.8 Å².